The number of ether oxygens (including phenoxy) is 1. The second-order valence-corrected chi connectivity index (χ2v) is 6.10. The molecule has 1 N–H and O–H groups in total. The predicted molar refractivity (Wildman–Crippen MR) is 96.9 cm³/mol. The molecule has 132 valence electrons. The summed E-state index contributed by atoms with van der Waals surface area (Å²) in [6.45, 7) is 4.56. The Hall–Kier alpha value is -2.67. The van der Waals surface area contributed by atoms with Gasteiger partial charge < -0.3 is 15.0 Å². The van der Waals surface area contributed by atoms with E-state index in [4.69, 9.17) is 4.74 Å². The van der Waals surface area contributed by atoms with Crippen molar-refractivity contribution in [3.63, 3.8) is 0 Å². The van der Waals surface area contributed by atoms with Crippen LogP contribution in [0.15, 0.2) is 41.8 Å². The van der Waals surface area contributed by atoms with E-state index in [9.17, 15) is 14.4 Å². The van der Waals surface area contributed by atoms with E-state index in [1.165, 1.54) is 17.4 Å². The molecule has 0 bridgehead atoms. The molecule has 1 heterocycles. The molecule has 2 amide bonds. The summed E-state index contributed by atoms with van der Waals surface area (Å²) in [7, 11) is 0. The second-order valence-electron chi connectivity index (χ2n) is 5.15. The van der Waals surface area contributed by atoms with Gasteiger partial charge in [0.2, 0.25) is 0 Å². The highest BCUT2D eigenvalue weighted by Crippen LogP contribution is 2.15. The van der Waals surface area contributed by atoms with Gasteiger partial charge in [0.05, 0.1) is 10.4 Å². The predicted octanol–water partition coefficient (Wildman–Crippen LogP) is 3.03. The fraction of sp³-hybridized carbons (Fsp3) is 0.278. The molecule has 1 aromatic heterocycles. The first-order valence-electron chi connectivity index (χ1n) is 7.95. The number of esters is 1. The number of rotatable bonds is 7. The monoisotopic (exact) mass is 360 g/mol. The molecule has 0 aliphatic heterocycles. The van der Waals surface area contributed by atoms with Crippen LogP contribution in [0.4, 0.5) is 5.69 Å². The molecule has 0 fully saturated rings. The molecule has 7 heteroatoms. The molecule has 25 heavy (non-hydrogen) atoms. The van der Waals surface area contributed by atoms with E-state index in [0.717, 1.165) is 0 Å². The lowest BCUT2D eigenvalue weighted by Gasteiger charge is -2.18. The van der Waals surface area contributed by atoms with Gasteiger partial charge in [0.25, 0.3) is 11.8 Å². The van der Waals surface area contributed by atoms with E-state index < -0.39 is 5.97 Å². The minimum Gasteiger partial charge on any atom is -0.452 e. The van der Waals surface area contributed by atoms with Crippen molar-refractivity contribution in [2.75, 3.05) is 25.0 Å². The first-order chi connectivity index (χ1) is 12.0. The SMILES string of the molecule is CCN(CC)C(=O)COC(=O)c1cccc(NC(=O)c2cccs2)c1. The maximum absolute atomic E-state index is 12.1. The van der Waals surface area contributed by atoms with Crippen LogP contribution in [-0.2, 0) is 9.53 Å². The van der Waals surface area contributed by atoms with Gasteiger partial charge in [0.15, 0.2) is 6.61 Å². The molecule has 0 unspecified atom stereocenters. The Morgan fingerprint density at radius 3 is 2.52 bits per heavy atom. The van der Waals surface area contributed by atoms with Crippen molar-refractivity contribution in [1.82, 2.24) is 4.90 Å². The summed E-state index contributed by atoms with van der Waals surface area (Å²) >= 11 is 1.33. The van der Waals surface area contributed by atoms with Crippen LogP contribution < -0.4 is 5.32 Å². The molecule has 0 radical (unpaired) electrons. The number of nitrogens with one attached hydrogen (secondary N) is 1. The molecule has 6 nitrogen and oxygen atoms in total. The average molecular weight is 360 g/mol. The molecule has 2 aromatic rings. The highest BCUT2D eigenvalue weighted by Gasteiger charge is 2.15. The van der Waals surface area contributed by atoms with Crippen LogP contribution in [-0.4, -0.2) is 42.4 Å². The van der Waals surface area contributed by atoms with Crippen molar-refractivity contribution in [1.29, 1.82) is 0 Å². The van der Waals surface area contributed by atoms with Gasteiger partial charge in [-0.05, 0) is 43.5 Å². The Morgan fingerprint density at radius 1 is 1.12 bits per heavy atom. The Kier molecular flexibility index (Phi) is 6.71. The first kappa shape index (κ1) is 18.7. The fourth-order valence-electron chi connectivity index (χ4n) is 2.20. The normalized spacial score (nSPS) is 10.2. The number of anilines is 1. The number of likely N-dealkylation sites (N-methyl/N-ethyl adjacent to an activating group) is 1. The summed E-state index contributed by atoms with van der Waals surface area (Å²) in [4.78, 5) is 38.2. The average Bonchev–Trinajstić information content (AvgIpc) is 3.15. The summed E-state index contributed by atoms with van der Waals surface area (Å²) in [5.41, 5.74) is 0.763. The zero-order chi connectivity index (χ0) is 18.2. The molecule has 0 spiro atoms. The smallest absolute Gasteiger partial charge is 0.338 e. The van der Waals surface area contributed by atoms with Gasteiger partial charge in [-0.1, -0.05) is 12.1 Å². The Labute approximate surface area is 150 Å². The summed E-state index contributed by atoms with van der Waals surface area (Å²) in [6, 6.07) is 9.94. The number of hydrogen-bond donors (Lipinski definition) is 1. The minimum absolute atomic E-state index is 0.236. The highest BCUT2D eigenvalue weighted by molar-refractivity contribution is 7.12. The summed E-state index contributed by atoms with van der Waals surface area (Å²) < 4.78 is 5.07. The first-order valence-corrected chi connectivity index (χ1v) is 8.83. The second kappa shape index (κ2) is 8.98. The van der Waals surface area contributed by atoms with Crippen molar-refractivity contribution in [3.05, 3.63) is 52.2 Å². The zero-order valence-electron chi connectivity index (χ0n) is 14.2. The van der Waals surface area contributed by atoms with Gasteiger partial charge in [-0.15, -0.1) is 11.3 Å². The van der Waals surface area contributed by atoms with Crippen molar-refractivity contribution < 1.29 is 19.1 Å². The largest absolute Gasteiger partial charge is 0.452 e. The van der Waals surface area contributed by atoms with Gasteiger partial charge in [0.1, 0.15) is 0 Å². The number of carbonyl (C=O) groups excluding carboxylic acids is 3. The van der Waals surface area contributed by atoms with Crippen LogP contribution in [0.3, 0.4) is 0 Å². The Bertz CT molecular complexity index is 739. The minimum atomic E-state index is -0.604. The van der Waals surface area contributed by atoms with Crippen molar-refractivity contribution >= 4 is 34.8 Å². The molecule has 0 aliphatic carbocycles. The number of hydrogen-bond acceptors (Lipinski definition) is 5. The lowest BCUT2D eigenvalue weighted by Crippen LogP contribution is -2.34. The van der Waals surface area contributed by atoms with Gasteiger partial charge in [-0.2, -0.15) is 0 Å². The molecular formula is C18H20N2O4S. The van der Waals surface area contributed by atoms with Gasteiger partial charge >= 0.3 is 5.97 Å². The Morgan fingerprint density at radius 2 is 1.88 bits per heavy atom. The lowest BCUT2D eigenvalue weighted by atomic mass is 10.2. The molecule has 0 saturated carbocycles. The van der Waals surface area contributed by atoms with Gasteiger partial charge in [-0.3, -0.25) is 9.59 Å². The highest BCUT2D eigenvalue weighted by atomic mass is 32.1. The van der Waals surface area contributed by atoms with Crippen LogP contribution in [0.25, 0.3) is 0 Å². The van der Waals surface area contributed by atoms with E-state index >= 15 is 0 Å². The quantitative estimate of drug-likeness (QED) is 0.770. The van der Waals surface area contributed by atoms with Gasteiger partial charge in [0, 0.05) is 18.8 Å². The maximum Gasteiger partial charge on any atom is 0.338 e. The number of amides is 2. The van der Waals surface area contributed by atoms with Crippen LogP contribution in [0.5, 0.6) is 0 Å². The van der Waals surface area contributed by atoms with E-state index in [1.807, 2.05) is 19.2 Å². The molecule has 1 aromatic carbocycles. The van der Waals surface area contributed by atoms with Crippen LogP contribution in [0, 0.1) is 0 Å². The Balaban J connectivity index is 1.97. The summed E-state index contributed by atoms with van der Waals surface area (Å²) in [5, 5.41) is 4.54. The van der Waals surface area contributed by atoms with E-state index in [1.54, 1.807) is 35.2 Å². The van der Waals surface area contributed by atoms with E-state index in [2.05, 4.69) is 5.32 Å². The number of benzene rings is 1. The van der Waals surface area contributed by atoms with Crippen molar-refractivity contribution in [2.24, 2.45) is 0 Å². The maximum atomic E-state index is 12.1. The standard InChI is InChI=1S/C18H20N2O4S/c1-3-20(4-2)16(21)12-24-18(23)13-7-5-8-14(11-13)19-17(22)15-9-6-10-25-15/h5-11H,3-4,12H2,1-2H3,(H,19,22). The van der Waals surface area contributed by atoms with Crippen LogP contribution in [0.2, 0.25) is 0 Å². The molecule has 0 aliphatic rings. The lowest BCUT2D eigenvalue weighted by molar-refractivity contribution is -0.134. The van der Waals surface area contributed by atoms with Crippen LogP contribution >= 0.6 is 11.3 Å². The summed E-state index contributed by atoms with van der Waals surface area (Å²) in [5.74, 6) is -1.08. The van der Waals surface area contributed by atoms with Crippen molar-refractivity contribution in [3.8, 4) is 0 Å². The molecule has 2 rings (SSSR count). The zero-order valence-corrected chi connectivity index (χ0v) is 15.0. The van der Waals surface area contributed by atoms with E-state index in [0.29, 0.717) is 23.7 Å². The third kappa shape index (κ3) is 5.15. The third-order valence-corrected chi connectivity index (χ3v) is 4.41. The number of carbonyl (C=O) groups is 3. The van der Waals surface area contributed by atoms with Gasteiger partial charge in [-0.25, -0.2) is 4.79 Å². The third-order valence-electron chi connectivity index (χ3n) is 3.54. The van der Waals surface area contributed by atoms with E-state index in [-0.39, 0.29) is 24.0 Å². The topological polar surface area (TPSA) is 75.7 Å². The van der Waals surface area contributed by atoms with Crippen molar-refractivity contribution in [2.45, 2.75) is 13.8 Å². The summed E-state index contributed by atoms with van der Waals surface area (Å²) in [6.07, 6.45) is 0. The number of nitrogens with zero attached hydrogens (tertiary/aromatic N) is 1. The molecule has 0 saturated heterocycles. The fourth-order valence-corrected chi connectivity index (χ4v) is 2.82. The molecular weight excluding hydrogens is 340 g/mol. The number of thiophene rings is 1. The van der Waals surface area contributed by atoms with Crippen LogP contribution in [0.1, 0.15) is 33.9 Å². The molecule has 0 atom stereocenters.